The van der Waals surface area contributed by atoms with Crippen molar-refractivity contribution in [3.05, 3.63) is 48.0 Å². The summed E-state index contributed by atoms with van der Waals surface area (Å²) in [4.78, 5) is 0. The summed E-state index contributed by atoms with van der Waals surface area (Å²) in [6.07, 6.45) is 1.30. The minimum Gasteiger partial charge on any atom is -0.346 e. The molecule has 2 heterocycles. The van der Waals surface area contributed by atoms with Gasteiger partial charge in [0.05, 0.1) is 18.9 Å². The van der Waals surface area contributed by atoms with Gasteiger partial charge in [0, 0.05) is 17.8 Å². The van der Waals surface area contributed by atoms with Crippen LogP contribution in [0.1, 0.15) is 11.9 Å². The minimum absolute atomic E-state index is 0.279. The summed E-state index contributed by atoms with van der Waals surface area (Å²) in [6.45, 7) is 1.24. The molecule has 1 saturated heterocycles. The van der Waals surface area contributed by atoms with Crippen molar-refractivity contribution >= 4 is 0 Å². The first-order valence-electron chi connectivity index (χ1n) is 5.38. The fourth-order valence-corrected chi connectivity index (χ4v) is 1.78. The zero-order valence-corrected chi connectivity index (χ0v) is 9.04. The molecule has 0 unspecified atom stereocenters. The van der Waals surface area contributed by atoms with E-state index in [2.05, 4.69) is 5.10 Å². The van der Waals surface area contributed by atoms with E-state index in [9.17, 15) is 4.39 Å². The molecule has 17 heavy (non-hydrogen) atoms. The van der Waals surface area contributed by atoms with Crippen LogP contribution in [0.2, 0.25) is 0 Å². The summed E-state index contributed by atoms with van der Waals surface area (Å²) in [5.74, 6) is -0.489. The second kappa shape index (κ2) is 4.27. The Morgan fingerprint density at radius 2 is 1.82 bits per heavy atom. The van der Waals surface area contributed by atoms with Crippen LogP contribution in [0.3, 0.4) is 0 Å². The maximum atomic E-state index is 12.8. The number of ether oxygens (including phenoxy) is 2. The first-order valence-corrected chi connectivity index (χ1v) is 5.38. The number of hydrogen-bond acceptors (Lipinski definition) is 3. The van der Waals surface area contributed by atoms with Gasteiger partial charge in [-0.1, -0.05) is 12.1 Å². The fourth-order valence-electron chi connectivity index (χ4n) is 1.78. The predicted molar refractivity (Wildman–Crippen MR) is 58.2 cm³/mol. The number of halogens is 1. The molecule has 1 aliphatic heterocycles. The summed E-state index contributed by atoms with van der Waals surface area (Å²) in [6, 6.07) is 8.81. The smallest absolute Gasteiger partial charge is 0.233 e. The number of nitrogens with zero attached hydrogens (tertiary/aromatic N) is 2. The third-order valence-corrected chi connectivity index (χ3v) is 2.61. The van der Waals surface area contributed by atoms with Gasteiger partial charge in [-0.25, -0.2) is 4.68 Å². The van der Waals surface area contributed by atoms with E-state index < -0.39 is 5.95 Å². The highest BCUT2D eigenvalue weighted by molar-refractivity contribution is 5.34. The van der Waals surface area contributed by atoms with Crippen LogP contribution in [0.4, 0.5) is 4.39 Å². The minimum atomic E-state index is -0.489. The third-order valence-electron chi connectivity index (χ3n) is 2.61. The van der Waals surface area contributed by atoms with E-state index in [4.69, 9.17) is 9.47 Å². The zero-order valence-electron chi connectivity index (χ0n) is 9.04. The molecular weight excluding hydrogens is 223 g/mol. The van der Waals surface area contributed by atoms with E-state index >= 15 is 0 Å². The van der Waals surface area contributed by atoms with Crippen LogP contribution in [0.5, 0.6) is 0 Å². The SMILES string of the molecule is Fc1ccn(-c2ccc(C3OCCO3)cc2)n1. The van der Waals surface area contributed by atoms with Gasteiger partial charge >= 0.3 is 0 Å². The van der Waals surface area contributed by atoms with E-state index in [-0.39, 0.29) is 6.29 Å². The molecule has 5 heteroatoms. The molecule has 0 spiro atoms. The molecule has 0 amide bonds. The van der Waals surface area contributed by atoms with E-state index in [1.807, 2.05) is 24.3 Å². The van der Waals surface area contributed by atoms with Gasteiger partial charge in [-0.05, 0) is 12.1 Å². The Balaban J connectivity index is 1.84. The van der Waals surface area contributed by atoms with Crippen LogP contribution >= 0.6 is 0 Å². The molecule has 1 aromatic heterocycles. The van der Waals surface area contributed by atoms with Crippen LogP contribution in [0, 0.1) is 5.95 Å². The van der Waals surface area contributed by atoms with Gasteiger partial charge in [-0.3, -0.25) is 0 Å². The standard InChI is InChI=1S/C12H11FN2O2/c13-11-5-6-15(14-11)10-3-1-9(2-4-10)12-16-7-8-17-12/h1-6,12H,7-8H2. The molecule has 0 aliphatic carbocycles. The normalized spacial score (nSPS) is 16.5. The number of rotatable bonds is 2. The Hall–Kier alpha value is -1.72. The maximum Gasteiger partial charge on any atom is 0.233 e. The lowest BCUT2D eigenvalue weighted by atomic mass is 10.2. The lowest BCUT2D eigenvalue weighted by Gasteiger charge is -2.09. The van der Waals surface area contributed by atoms with Gasteiger partial charge in [-0.15, -0.1) is 5.10 Å². The molecule has 1 aromatic carbocycles. The van der Waals surface area contributed by atoms with E-state index in [1.54, 1.807) is 6.20 Å². The zero-order chi connectivity index (χ0) is 11.7. The van der Waals surface area contributed by atoms with Crippen LogP contribution < -0.4 is 0 Å². The average molecular weight is 234 g/mol. The van der Waals surface area contributed by atoms with Crippen molar-refractivity contribution < 1.29 is 13.9 Å². The largest absolute Gasteiger partial charge is 0.346 e. The molecule has 3 rings (SSSR count). The Bertz CT molecular complexity index is 503. The van der Waals surface area contributed by atoms with Crippen molar-refractivity contribution in [2.24, 2.45) is 0 Å². The second-order valence-electron chi connectivity index (χ2n) is 3.75. The third kappa shape index (κ3) is 2.07. The number of benzene rings is 1. The van der Waals surface area contributed by atoms with Crippen LogP contribution in [-0.4, -0.2) is 23.0 Å². The fraction of sp³-hybridized carbons (Fsp3) is 0.250. The molecule has 2 aromatic rings. The topological polar surface area (TPSA) is 36.3 Å². The van der Waals surface area contributed by atoms with Crippen molar-refractivity contribution in [3.63, 3.8) is 0 Å². The first-order chi connectivity index (χ1) is 8.33. The molecule has 1 fully saturated rings. The Morgan fingerprint density at radius 3 is 2.41 bits per heavy atom. The molecule has 0 bridgehead atoms. The highest BCUT2D eigenvalue weighted by Gasteiger charge is 2.17. The average Bonchev–Trinajstić information content (AvgIpc) is 3.00. The Kier molecular flexibility index (Phi) is 2.62. The quantitative estimate of drug-likeness (QED) is 0.798. The summed E-state index contributed by atoms with van der Waals surface area (Å²) in [5, 5.41) is 3.70. The summed E-state index contributed by atoms with van der Waals surface area (Å²) in [7, 11) is 0. The van der Waals surface area contributed by atoms with Gasteiger partial charge < -0.3 is 9.47 Å². The van der Waals surface area contributed by atoms with Crippen molar-refractivity contribution in [1.82, 2.24) is 9.78 Å². The van der Waals surface area contributed by atoms with Gasteiger partial charge in [0.25, 0.3) is 0 Å². The highest BCUT2D eigenvalue weighted by atomic mass is 19.1. The Morgan fingerprint density at radius 1 is 1.12 bits per heavy atom. The van der Waals surface area contributed by atoms with Crippen molar-refractivity contribution in [1.29, 1.82) is 0 Å². The monoisotopic (exact) mass is 234 g/mol. The van der Waals surface area contributed by atoms with Gasteiger partial charge in [0.1, 0.15) is 0 Å². The lowest BCUT2D eigenvalue weighted by molar-refractivity contribution is -0.0441. The van der Waals surface area contributed by atoms with Crippen LogP contribution in [-0.2, 0) is 9.47 Å². The van der Waals surface area contributed by atoms with Crippen molar-refractivity contribution in [3.8, 4) is 5.69 Å². The predicted octanol–water partition coefficient (Wildman–Crippen LogP) is 2.06. The number of hydrogen-bond donors (Lipinski definition) is 0. The van der Waals surface area contributed by atoms with E-state index in [1.165, 1.54) is 10.7 Å². The van der Waals surface area contributed by atoms with Gasteiger partial charge in [0.2, 0.25) is 5.95 Å². The Labute approximate surface area is 97.6 Å². The molecule has 0 radical (unpaired) electrons. The number of aromatic nitrogens is 2. The summed E-state index contributed by atoms with van der Waals surface area (Å²) in [5.41, 5.74) is 1.76. The summed E-state index contributed by atoms with van der Waals surface area (Å²) >= 11 is 0. The van der Waals surface area contributed by atoms with Crippen LogP contribution in [0.25, 0.3) is 5.69 Å². The van der Waals surface area contributed by atoms with E-state index in [0.29, 0.717) is 13.2 Å². The molecule has 0 atom stereocenters. The van der Waals surface area contributed by atoms with Crippen molar-refractivity contribution in [2.45, 2.75) is 6.29 Å². The molecule has 4 nitrogen and oxygen atoms in total. The van der Waals surface area contributed by atoms with Crippen LogP contribution in [0.15, 0.2) is 36.5 Å². The lowest BCUT2D eigenvalue weighted by Crippen LogP contribution is -2.00. The molecule has 0 N–H and O–H groups in total. The maximum absolute atomic E-state index is 12.8. The molecular formula is C12H11FN2O2. The molecule has 1 aliphatic rings. The van der Waals surface area contributed by atoms with Gasteiger partial charge in [0.15, 0.2) is 6.29 Å². The molecule has 88 valence electrons. The van der Waals surface area contributed by atoms with Gasteiger partial charge in [-0.2, -0.15) is 4.39 Å². The first kappa shape index (κ1) is 10.4. The molecule has 0 saturated carbocycles. The van der Waals surface area contributed by atoms with Crippen molar-refractivity contribution in [2.75, 3.05) is 13.2 Å². The highest BCUT2D eigenvalue weighted by Crippen LogP contribution is 2.23. The second-order valence-corrected chi connectivity index (χ2v) is 3.75. The van der Waals surface area contributed by atoms with E-state index in [0.717, 1.165) is 11.3 Å². The summed E-state index contributed by atoms with van der Waals surface area (Å²) < 4.78 is 25.0.